The van der Waals surface area contributed by atoms with E-state index in [1.807, 2.05) is 140 Å². The largest absolute Gasteiger partial charge is 0.457 e. The van der Waals surface area contributed by atoms with Gasteiger partial charge in [0.15, 0.2) is 0 Å². The quantitative estimate of drug-likeness (QED) is 0.0856. The average Bonchev–Trinajstić information content (AvgIpc) is 3.26. The molecule has 0 amide bonds. The van der Waals surface area contributed by atoms with Crippen molar-refractivity contribution in [1.29, 1.82) is 0 Å². The van der Waals surface area contributed by atoms with Gasteiger partial charge in [0.05, 0.1) is 38.6 Å². The van der Waals surface area contributed by atoms with Crippen LogP contribution in [-0.2, 0) is 61.5 Å². The van der Waals surface area contributed by atoms with Crippen LogP contribution in [0.15, 0.2) is 170 Å². The minimum Gasteiger partial charge on any atom is -0.457 e. The molecule has 7 rings (SSSR count). The molecule has 7 nitrogen and oxygen atoms in total. The maximum Gasteiger partial charge on any atom is 0.338 e. The van der Waals surface area contributed by atoms with Crippen molar-refractivity contribution < 1.29 is 33.2 Å². The molecule has 56 heavy (non-hydrogen) atoms. The second-order valence-electron chi connectivity index (χ2n) is 13.7. The molecule has 1 aliphatic heterocycles. The number of benzene rings is 6. The van der Waals surface area contributed by atoms with Crippen molar-refractivity contribution in [1.82, 2.24) is 0 Å². The molecule has 1 heterocycles. The molecule has 5 atom stereocenters. The first-order chi connectivity index (χ1) is 27.6. The summed E-state index contributed by atoms with van der Waals surface area (Å²) in [5, 5.41) is 0.468. The van der Waals surface area contributed by atoms with Gasteiger partial charge in [-0.1, -0.05) is 157 Å². The zero-order chi connectivity index (χ0) is 38.4. The third kappa shape index (κ3) is 10.8. The molecule has 8 heteroatoms. The lowest BCUT2D eigenvalue weighted by molar-refractivity contribution is -0.275. The van der Waals surface area contributed by atoms with E-state index in [1.165, 1.54) is 0 Å². The second-order valence-corrected chi connectivity index (χ2v) is 14.1. The average molecular weight is 769 g/mol. The number of carbonyl (C=O) groups excluding carboxylic acids is 1. The summed E-state index contributed by atoms with van der Waals surface area (Å²) in [6.07, 6.45) is -3.00. The third-order valence-electron chi connectivity index (χ3n) is 9.65. The Labute approximate surface area is 333 Å². The van der Waals surface area contributed by atoms with Crippen molar-refractivity contribution >= 4 is 17.6 Å². The molecule has 0 radical (unpaired) electrons. The van der Waals surface area contributed by atoms with Gasteiger partial charge in [-0.05, 0) is 52.1 Å². The lowest BCUT2D eigenvalue weighted by Gasteiger charge is -2.46. The van der Waals surface area contributed by atoms with E-state index >= 15 is 0 Å². The van der Waals surface area contributed by atoms with Gasteiger partial charge in [0.25, 0.3) is 0 Å². The highest BCUT2D eigenvalue weighted by molar-refractivity contribution is 6.31. The minimum absolute atomic E-state index is 0.0248. The van der Waals surface area contributed by atoms with Crippen molar-refractivity contribution in [3.8, 4) is 0 Å². The van der Waals surface area contributed by atoms with Gasteiger partial charge in [0, 0.05) is 10.6 Å². The second kappa shape index (κ2) is 20.2. The molecule has 1 saturated heterocycles. The van der Waals surface area contributed by atoms with Gasteiger partial charge in [-0.15, -0.1) is 0 Å². The van der Waals surface area contributed by atoms with Crippen LogP contribution < -0.4 is 0 Å². The summed E-state index contributed by atoms with van der Waals surface area (Å²) in [5.74, 6) is -0.437. The minimum atomic E-state index is -0.637. The predicted octanol–water partition coefficient (Wildman–Crippen LogP) is 10.1. The monoisotopic (exact) mass is 768 g/mol. The first-order valence-electron chi connectivity index (χ1n) is 18.8. The topological polar surface area (TPSA) is 72.5 Å². The Morgan fingerprint density at radius 2 is 0.982 bits per heavy atom. The zero-order valence-electron chi connectivity index (χ0n) is 31.0. The van der Waals surface area contributed by atoms with E-state index in [-0.39, 0.29) is 13.2 Å². The number of ether oxygens (including phenoxy) is 6. The van der Waals surface area contributed by atoms with Crippen LogP contribution in [0.25, 0.3) is 0 Å². The first-order valence-corrected chi connectivity index (χ1v) is 19.2. The molecule has 5 unspecified atom stereocenters. The van der Waals surface area contributed by atoms with Gasteiger partial charge < -0.3 is 28.4 Å². The summed E-state index contributed by atoms with van der Waals surface area (Å²) in [7, 11) is 0. The molecule has 0 saturated carbocycles. The fourth-order valence-electron chi connectivity index (χ4n) is 6.74. The van der Waals surface area contributed by atoms with E-state index < -0.39 is 36.5 Å². The Morgan fingerprint density at radius 1 is 0.518 bits per heavy atom. The Morgan fingerprint density at radius 3 is 1.52 bits per heavy atom. The number of rotatable bonds is 17. The molecule has 0 bridgehead atoms. The van der Waals surface area contributed by atoms with Crippen LogP contribution in [0, 0.1) is 0 Å². The van der Waals surface area contributed by atoms with Crippen LogP contribution in [0.1, 0.15) is 49.8 Å². The van der Waals surface area contributed by atoms with Gasteiger partial charge in [-0.25, -0.2) is 4.79 Å². The summed E-state index contributed by atoms with van der Waals surface area (Å²) in [6, 6.07) is 54.7. The fourth-order valence-corrected chi connectivity index (χ4v) is 6.91. The maximum atomic E-state index is 12.9. The number of hydrogen-bond donors (Lipinski definition) is 0. The van der Waals surface area contributed by atoms with E-state index in [1.54, 1.807) is 30.3 Å². The van der Waals surface area contributed by atoms with Crippen LogP contribution in [-0.4, -0.2) is 37.0 Å². The molecule has 0 aromatic heterocycles. The Kier molecular flexibility index (Phi) is 14.1. The van der Waals surface area contributed by atoms with E-state index in [0.717, 1.165) is 27.8 Å². The fraction of sp³-hybridized carbons (Fsp3) is 0.229. The standard InChI is InChI=1S/C48H45ClO7/c49-42-27-26-40(28-41(42)33-55-48(50)39-24-14-5-15-25-39)44-46(53-31-37-20-10-3-11-21-37)47(54-32-38-22-12-4-13-23-38)45(52-30-36-18-8-2-9-19-36)43(56-44)34-51-29-35-16-6-1-7-17-35/h1-28,43-47H,29-34H2. The van der Waals surface area contributed by atoms with Gasteiger partial charge in [-0.2, -0.15) is 0 Å². The number of esters is 1. The summed E-state index contributed by atoms with van der Waals surface area (Å²) in [4.78, 5) is 12.9. The van der Waals surface area contributed by atoms with Gasteiger partial charge in [0.1, 0.15) is 37.1 Å². The van der Waals surface area contributed by atoms with Crippen molar-refractivity contribution in [2.75, 3.05) is 6.61 Å². The predicted molar refractivity (Wildman–Crippen MR) is 216 cm³/mol. The SMILES string of the molecule is O=C(OCc1cc(C2OC(COCc3ccccc3)C(OCc3ccccc3)C(OCc3ccccc3)C2OCc2ccccc2)ccc1Cl)c1ccccc1. The van der Waals surface area contributed by atoms with Gasteiger partial charge >= 0.3 is 5.97 Å². The maximum absolute atomic E-state index is 12.9. The van der Waals surface area contributed by atoms with E-state index in [2.05, 4.69) is 0 Å². The van der Waals surface area contributed by atoms with Crippen molar-refractivity contribution in [3.63, 3.8) is 0 Å². The van der Waals surface area contributed by atoms with E-state index in [4.69, 9.17) is 40.0 Å². The van der Waals surface area contributed by atoms with Crippen molar-refractivity contribution in [2.24, 2.45) is 0 Å². The van der Waals surface area contributed by atoms with Crippen LogP contribution in [0.5, 0.6) is 0 Å². The zero-order valence-corrected chi connectivity index (χ0v) is 31.8. The van der Waals surface area contributed by atoms with Crippen LogP contribution >= 0.6 is 11.6 Å². The molecule has 0 spiro atoms. The number of halogens is 1. The van der Waals surface area contributed by atoms with Crippen molar-refractivity contribution in [3.05, 3.63) is 214 Å². The summed E-state index contributed by atoms with van der Waals surface area (Å²) in [5.41, 5.74) is 5.99. The molecule has 1 aliphatic rings. The highest BCUT2D eigenvalue weighted by Gasteiger charge is 2.49. The molecule has 286 valence electrons. The van der Waals surface area contributed by atoms with Crippen molar-refractivity contribution in [2.45, 2.75) is 63.6 Å². The smallest absolute Gasteiger partial charge is 0.338 e. The van der Waals surface area contributed by atoms with Crippen LogP contribution in [0.3, 0.4) is 0 Å². The highest BCUT2D eigenvalue weighted by Crippen LogP contribution is 2.39. The highest BCUT2D eigenvalue weighted by atomic mass is 35.5. The van der Waals surface area contributed by atoms with E-state index in [9.17, 15) is 4.79 Å². The molecular weight excluding hydrogens is 724 g/mol. The van der Waals surface area contributed by atoms with Gasteiger partial charge in [-0.3, -0.25) is 0 Å². The molecule has 1 fully saturated rings. The molecule has 0 aliphatic carbocycles. The lowest BCUT2D eigenvalue weighted by Crippen LogP contribution is -2.58. The molecule has 6 aromatic rings. The Balaban J connectivity index is 1.23. The molecular formula is C48H45ClO7. The van der Waals surface area contributed by atoms with Crippen LogP contribution in [0.2, 0.25) is 5.02 Å². The van der Waals surface area contributed by atoms with E-state index in [0.29, 0.717) is 42.6 Å². The van der Waals surface area contributed by atoms with Crippen LogP contribution in [0.4, 0.5) is 0 Å². The van der Waals surface area contributed by atoms with Gasteiger partial charge in [0.2, 0.25) is 0 Å². The molecule has 0 N–H and O–H groups in total. The summed E-state index contributed by atoms with van der Waals surface area (Å²) in [6.45, 7) is 1.58. The number of hydrogen-bond acceptors (Lipinski definition) is 7. The Bertz CT molecular complexity index is 2070. The number of carbonyl (C=O) groups is 1. The summed E-state index contributed by atoms with van der Waals surface area (Å²) < 4.78 is 39.8. The summed E-state index contributed by atoms with van der Waals surface area (Å²) >= 11 is 6.74. The first kappa shape index (κ1) is 39.1. The Hall–Kier alpha value is -5.12. The third-order valence-corrected chi connectivity index (χ3v) is 10.0. The lowest BCUT2D eigenvalue weighted by atomic mass is 9.89. The normalized spacial score (nSPS) is 19.3. The molecule has 6 aromatic carbocycles.